The lowest BCUT2D eigenvalue weighted by molar-refractivity contribution is 0.174. The third kappa shape index (κ3) is 2.30. The van der Waals surface area contributed by atoms with E-state index in [1.54, 1.807) is 12.1 Å². The molecule has 0 fully saturated rings. The number of aromatic nitrogens is 3. The summed E-state index contributed by atoms with van der Waals surface area (Å²) in [5.41, 5.74) is 3.67. The van der Waals surface area contributed by atoms with Crippen molar-refractivity contribution in [3.8, 4) is 11.5 Å². The number of anilines is 2. The van der Waals surface area contributed by atoms with Crippen LogP contribution in [0, 0.1) is 13.8 Å². The van der Waals surface area contributed by atoms with Crippen LogP contribution < -0.4 is 20.3 Å². The fourth-order valence-electron chi connectivity index (χ4n) is 2.89. The first-order chi connectivity index (χ1) is 12.6. The summed E-state index contributed by atoms with van der Waals surface area (Å²) in [6.45, 7) is 4.28. The maximum absolute atomic E-state index is 12.8. The van der Waals surface area contributed by atoms with Gasteiger partial charge in [0.15, 0.2) is 11.5 Å². The average Bonchev–Trinajstić information content (AvgIpc) is 3.23. The molecule has 0 aliphatic carbocycles. The van der Waals surface area contributed by atoms with Gasteiger partial charge in [-0.15, -0.1) is 5.10 Å². The van der Waals surface area contributed by atoms with Gasteiger partial charge in [-0.25, -0.2) is 4.98 Å². The Morgan fingerprint density at radius 2 is 1.92 bits per heavy atom. The monoisotopic (exact) mass is 366 g/mol. The minimum atomic E-state index is -0.229. The second kappa shape index (κ2) is 5.43. The van der Waals surface area contributed by atoms with Gasteiger partial charge in [-0.2, -0.15) is 4.52 Å². The molecule has 7 nitrogen and oxygen atoms in total. The van der Waals surface area contributed by atoms with Crippen molar-refractivity contribution in [3.63, 3.8) is 0 Å². The van der Waals surface area contributed by atoms with E-state index in [0.717, 1.165) is 5.69 Å². The van der Waals surface area contributed by atoms with E-state index in [1.807, 2.05) is 18.2 Å². The van der Waals surface area contributed by atoms with Crippen LogP contribution in [0.25, 0.3) is 15.9 Å². The number of aryl methyl sites for hydroxylation is 2. The minimum absolute atomic E-state index is 0.156. The molecule has 0 saturated heterocycles. The fraction of sp³-hybridized carbons (Fsp3) is 0.167. The van der Waals surface area contributed by atoms with Crippen molar-refractivity contribution in [2.45, 2.75) is 13.8 Å². The molecule has 130 valence electrons. The molecule has 1 N–H and O–H groups in total. The third-order valence-electron chi connectivity index (χ3n) is 4.45. The summed E-state index contributed by atoms with van der Waals surface area (Å²) >= 11 is 1.32. The second-order valence-electron chi connectivity index (χ2n) is 6.17. The van der Waals surface area contributed by atoms with E-state index < -0.39 is 0 Å². The van der Waals surface area contributed by atoms with Gasteiger partial charge in [-0.1, -0.05) is 17.4 Å². The van der Waals surface area contributed by atoms with Gasteiger partial charge in [0.05, 0.1) is 10.9 Å². The molecule has 4 aromatic rings. The van der Waals surface area contributed by atoms with Crippen LogP contribution in [0.1, 0.15) is 11.1 Å². The van der Waals surface area contributed by atoms with Crippen LogP contribution in [0.3, 0.4) is 0 Å². The highest BCUT2D eigenvalue weighted by molar-refractivity contribution is 7.20. The van der Waals surface area contributed by atoms with Gasteiger partial charge in [-0.3, -0.25) is 4.79 Å². The van der Waals surface area contributed by atoms with Crippen LogP contribution >= 0.6 is 11.3 Å². The van der Waals surface area contributed by atoms with E-state index >= 15 is 0 Å². The van der Waals surface area contributed by atoms with Crippen LogP contribution in [0.5, 0.6) is 11.5 Å². The van der Waals surface area contributed by atoms with Gasteiger partial charge in [0.2, 0.25) is 16.9 Å². The van der Waals surface area contributed by atoms with E-state index in [0.29, 0.717) is 32.5 Å². The number of nitrogens with one attached hydrogen (secondary N) is 1. The summed E-state index contributed by atoms with van der Waals surface area (Å²) in [6.07, 6.45) is 0. The average molecular weight is 366 g/mol. The largest absolute Gasteiger partial charge is 0.454 e. The van der Waals surface area contributed by atoms with Crippen LogP contribution in [0.4, 0.5) is 10.8 Å². The number of hydrogen-bond acceptors (Lipinski definition) is 7. The zero-order chi connectivity index (χ0) is 17.8. The topological polar surface area (TPSA) is 77.8 Å². The zero-order valence-corrected chi connectivity index (χ0v) is 14.9. The quantitative estimate of drug-likeness (QED) is 0.586. The Morgan fingerprint density at radius 1 is 1.12 bits per heavy atom. The standard InChI is InChI=1S/C18H14N4O3S/c1-9-3-4-11(5-10(9)2)19-17-21-22-16(23)12-6-14-15(25-8-24-14)7-13(12)20-18(22)26-17/h3-7H,8H2,1-2H3,(H,19,21). The first-order valence-corrected chi connectivity index (χ1v) is 8.88. The Labute approximate surface area is 151 Å². The molecule has 1 aliphatic rings. The molecule has 0 atom stereocenters. The van der Waals surface area contributed by atoms with Crippen molar-refractivity contribution in [1.29, 1.82) is 0 Å². The van der Waals surface area contributed by atoms with E-state index in [4.69, 9.17) is 9.47 Å². The maximum atomic E-state index is 12.8. The van der Waals surface area contributed by atoms with Crippen molar-refractivity contribution < 1.29 is 9.47 Å². The Hall–Kier alpha value is -3.13. The van der Waals surface area contributed by atoms with Crippen molar-refractivity contribution in [2.75, 3.05) is 12.1 Å². The van der Waals surface area contributed by atoms with Crippen molar-refractivity contribution in [1.82, 2.24) is 14.6 Å². The molecular weight excluding hydrogens is 352 g/mol. The molecule has 0 amide bonds. The van der Waals surface area contributed by atoms with Crippen molar-refractivity contribution in [3.05, 3.63) is 51.8 Å². The summed E-state index contributed by atoms with van der Waals surface area (Å²) < 4.78 is 12.0. The molecule has 1 aliphatic heterocycles. The highest BCUT2D eigenvalue weighted by Crippen LogP contribution is 2.35. The summed E-state index contributed by atoms with van der Waals surface area (Å²) in [6, 6.07) is 9.48. The molecule has 0 spiro atoms. The summed E-state index contributed by atoms with van der Waals surface area (Å²) in [5, 5.41) is 8.69. The van der Waals surface area contributed by atoms with Gasteiger partial charge < -0.3 is 14.8 Å². The molecule has 3 heterocycles. The SMILES string of the molecule is Cc1ccc(Nc2nn3c(=O)c4cc5c(cc4nc3s2)OCO5)cc1C. The third-order valence-corrected chi connectivity index (χ3v) is 5.27. The Bertz CT molecular complexity index is 1240. The normalized spacial score (nSPS) is 12.8. The highest BCUT2D eigenvalue weighted by atomic mass is 32.1. The maximum Gasteiger partial charge on any atom is 0.283 e. The van der Waals surface area contributed by atoms with Crippen LogP contribution in [0.15, 0.2) is 35.1 Å². The molecule has 26 heavy (non-hydrogen) atoms. The predicted octanol–water partition coefficient (Wildman–Crippen LogP) is 3.39. The molecule has 8 heteroatoms. The lowest BCUT2D eigenvalue weighted by Crippen LogP contribution is -2.15. The van der Waals surface area contributed by atoms with Gasteiger partial charge in [0.1, 0.15) is 0 Å². The number of ether oxygens (including phenoxy) is 2. The molecule has 2 aromatic heterocycles. The second-order valence-corrected chi connectivity index (χ2v) is 7.12. The van der Waals surface area contributed by atoms with Gasteiger partial charge >= 0.3 is 0 Å². The Balaban J connectivity index is 1.62. The smallest absolute Gasteiger partial charge is 0.283 e. The van der Waals surface area contributed by atoms with Gasteiger partial charge in [0.25, 0.3) is 5.56 Å². The van der Waals surface area contributed by atoms with Crippen molar-refractivity contribution in [2.24, 2.45) is 0 Å². The Morgan fingerprint density at radius 3 is 2.73 bits per heavy atom. The van der Waals surface area contributed by atoms with Gasteiger partial charge in [0, 0.05) is 11.8 Å². The summed E-state index contributed by atoms with van der Waals surface area (Å²) in [7, 11) is 0. The van der Waals surface area contributed by atoms with Gasteiger partial charge in [-0.05, 0) is 43.2 Å². The number of fused-ring (bicyclic) bond motifs is 3. The van der Waals surface area contributed by atoms with E-state index in [2.05, 4.69) is 29.2 Å². The number of rotatable bonds is 2. The molecule has 0 saturated carbocycles. The predicted molar refractivity (Wildman–Crippen MR) is 100.0 cm³/mol. The molecule has 0 unspecified atom stereocenters. The molecule has 5 rings (SSSR count). The number of nitrogens with zero attached hydrogens (tertiary/aromatic N) is 3. The van der Waals surface area contributed by atoms with E-state index in [1.165, 1.54) is 27.0 Å². The Kier molecular flexibility index (Phi) is 3.17. The first-order valence-electron chi connectivity index (χ1n) is 8.06. The van der Waals surface area contributed by atoms with Crippen molar-refractivity contribution >= 4 is 38.0 Å². The molecule has 0 bridgehead atoms. The summed E-state index contributed by atoms with van der Waals surface area (Å²) in [4.78, 5) is 17.9. The summed E-state index contributed by atoms with van der Waals surface area (Å²) in [5.74, 6) is 1.16. The zero-order valence-electron chi connectivity index (χ0n) is 14.1. The minimum Gasteiger partial charge on any atom is -0.454 e. The number of hydrogen-bond donors (Lipinski definition) is 1. The lowest BCUT2D eigenvalue weighted by Gasteiger charge is -2.05. The van der Waals surface area contributed by atoms with Crippen LogP contribution in [-0.4, -0.2) is 21.4 Å². The fourth-order valence-corrected chi connectivity index (χ4v) is 3.71. The molecule has 0 radical (unpaired) electrons. The highest BCUT2D eigenvalue weighted by Gasteiger charge is 2.18. The van der Waals surface area contributed by atoms with Crippen LogP contribution in [0.2, 0.25) is 0 Å². The van der Waals surface area contributed by atoms with E-state index in [9.17, 15) is 4.79 Å². The molecule has 2 aromatic carbocycles. The van der Waals surface area contributed by atoms with Crippen LogP contribution in [-0.2, 0) is 0 Å². The van der Waals surface area contributed by atoms with E-state index in [-0.39, 0.29) is 12.4 Å². The first kappa shape index (κ1) is 15.2. The molecular formula is C18H14N4O3S. The lowest BCUT2D eigenvalue weighted by atomic mass is 10.1. The number of benzene rings is 2.